The fraction of sp³-hybridized carbons (Fsp3) is 0.364. The number of nitro groups is 1. The van der Waals surface area contributed by atoms with E-state index >= 15 is 0 Å². The second kappa shape index (κ2) is 5.17. The maximum Gasteiger partial charge on any atom is 0.319 e. The van der Waals surface area contributed by atoms with Crippen molar-refractivity contribution < 1.29 is 18.5 Å². The van der Waals surface area contributed by atoms with Crippen LogP contribution < -0.4 is 10.6 Å². The average molecular weight is 273 g/mol. The summed E-state index contributed by atoms with van der Waals surface area (Å²) in [5, 5.41) is 15.1. The molecule has 1 aromatic carbocycles. The zero-order chi connectivity index (χ0) is 14.8. The van der Waals surface area contributed by atoms with Gasteiger partial charge in [-0.1, -0.05) is 0 Å². The Labute approximate surface area is 108 Å². The van der Waals surface area contributed by atoms with Gasteiger partial charge >= 0.3 is 6.03 Å². The summed E-state index contributed by atoms with van der Waals surface area (Å²) in [6.45, 7) is 5.05. The van der Waals surface area contributed by atoms with Crippen LogP contribution in [0.1, 0.15) is 20.8 Å². The summed E-state index contributed by atoms with van der Waals surface area (Å²) in [4.78, 5) is 21.3. The normalized spacial score (nSPS) is 11.0. The monoisotopic (exact) mass is 273 g/mol. The number of hydrogen-bond acceptors (Lipinski definition) is 3. The third-order valence-corrected chi connectivity index (χ3v) is 1.96. The van der Waals surface area contributed by atoms with Crippen LogP contribution in [0.3, 0.4) is 0 Å². The molecule has 8 heteroatoms. The van der Waals surface area contributed by atoms with Crippen LogP contribution in [0.5, 0.6) is 0 Å². The third kappa shape index (κ3) is 4.16. The van der Waals surface area contributed by atoms with Gasteiger partial charge in [0.1, 0.15) is 5.82 Å². The van der Waals surface area contributed by atoms with E-state index in [-0.39, 0.29) is 0 Å². The van der Waals surface area contributed by atoms with Gasteiger partial charge in [-0.15, -0.1) is 0 Å². The Morgan fingerprint density at radius 3 is 2.37 bits per heavy atom. The Hall–Kier alpha value is -2.25. The van der Waals surface area contributed by atoms with Crippen molar-refractivity contribution in [2.45, 2.75) is 26.3 Å². The standard InChI is InChI=1S/C11H13F2N3O3/c1-11(2,3)15-10(17)14-9-7(13)4-6(12)5-8(9)16(18)19/h4-5H,1-3H3,(H2,14,15,17). The van der Waals surface area contributed by atoms with Gasteiger partial charge in [-0.25, -0.2) is 13.6 Å². The van der Waals surface area contributed by atoms with Crippen molar-refractivity contribution in [2.24, 2.45) is 0 Å². The topological polar surface area (TPSA) is 84.3 Å². The van der Waals surface area contributed by atoms with Gasteiger partial charge in [-0.05, 0) is 20.8 Å². The molecule has 0 saturated heterocycles. The van der Waals surface area contributed by atoms with Gasteiger partial charge in [0.05, 0.1) is 11.0 Å². The van der Waals surface area contributed by atoms with Crippen LogP contribution in [0.2, 0.25) is 0 Å². The molecule has 2 N–H and O–H groups in total. The number of nitrogens with one attached hydrogen (secondary N) is 2. The molecule has 0 radical (unpaired) electrons. The zero-order valence-electron chi connectivity index (χ0n) is 10.6. The van der Waals surface area contributed by atoms with Gasteiger partial charge in [0.25, 0.3) is 5.69 Å². The minimum absolute atomic E-state index is 0.458. The zero-order valence-corrected chi connectivity index (χ0v) is 10.6. The highest BCUT2D eigenvalue weighted by Crippen LogP contribution is 2.28. The molecule has 0 unspecified atom stereocenters. The van der Waals surface area contributed by atoms with Crippen LogP contribution in [0.4, 0.5) is 25.0 Å². The number of benzene rings is 1. The number of rotatable bonds is 2. The first-order valence-electron chi connectivity index (χ1n) is 5.33. The van der Waals surface area contributed by atoms with Gasteiger partial charge in [-0.3, -0.25) is 15.4 Å². The number of anilines is 1. The molecule has 6 nitrogen and oxygen atoms in total. The van der Waals surface area contributed by atoms with E-state index in [0.29, 0.717) is 12.1 Å². The molecule has 1 aromatic rings. The van der Waals surface area contributed by atoms with Gasteiger partial charge in [0.2, 0.25) is 0 Å². The molecule has 0 aromatic heterocycles. The summed E-state index contributed by atoms with van der Waals surface area (Å²) in [6.07, 6.45) is 0. The third-order valence-electron chi connectivity index (χ3n) is 1.96. The summed E-state index contributed by atoms with van der Waals surface area (Å²) >= 11 is 0. The minimum atomic E-state index is -1.21. The lowest BCUT2D eigenvalue weighted by Gasteiger charge is -2.20. The first kappa shape index (κ1) is 14.8. The summed E-state index contributed by atoms with van der Waals surface area (Å²) in [7, 11) is 0. The van der Waals surface area contributed by atoms with Crippen molar-refractivity contribution in [2.75, 3.05) is 5.32 Å². The predicted octanol–water partition coefficient (Wildman–Crippen LogP) is 2.79. The number of nitro benzene ring substituents is 1. The van der Waals surface area contributed by atoms with Crippen molar-refractivity contribution in [1.29, 1.82) is 0 Å². The minimum Gasteiger partial charge on any atom is -0.333 e. The van der Waals surface area contributed by atoms with Crippen molar-refractivity contribution in [3.63, 3.8) is 0 Å². The quantitative estimate of drug-likeness (QED) is 0.641. The molecule has 0 aliphatic rings. The Morgan fingerprint density at radius 2 is 1.89 bits per heavy atom. The van der Waals surface area contributed by atoms with Crippen LogP contribution in [-0.4, -0.2) is 16.5 Å². The molecular formula is C11H13F2N3O3. The maximum absolute atomic E-state index is 13.5. The summed E-state index contributed by atoms with van der Waals surface area (Å²) in [6, 6.07) is 0.177. The van der Waals surface area contributed by atoms with Crippen LogP contribution in [0, 0.1) is 21.7 Å². The molecule has 0 atom stereocenters. The molecule has 0 bridgehead atoms. The highest BCUT2D eigenvalue weighted by molar-refractivity contribution is 5.92. The van der Waals surface area contributed by atoms with Crippen LogP contribution >= 0.6 is 0 Å². The van der Waals surface area contributed by atoms with Gasteiger partial charge in [0, 0.05) is 11.6 Å². The van der Waals surface area contributed by atoms with E-state index < -0.39 is 39.5 Å². The van der Waals surface area contributed by atoms with Crippen molar-refractivity contribution in [1.82, 2.24) is 5.32 Å². The molecule has 0 aliphatic carbocycles. The van der Waals surface area contributed by atoms with E-state index in [4.69, 9.17) is 0 Å². The Balaban J connectivity index is 3.07. The molecular weight excluding hydrogens is 260 g/mol. The van der Waals surface area contributed by atoms with Crippen LogP contribution in [0.25, 0.3) is 0 Å². The average Bonchev–Trinajstić information content (AvgIpc) is 2.18. The summed E-state index contributed by atoms with van der Waals surface area (Å²) in [5.74, 6) is -2.30. The Morgan fingerprint density at radius 1 is 1.32 bits per heavy atom. The molecule has 19 heavy (non-hydrogen) atoms. The van der Waals surface area contributed by atoms with Crippen molar-refractivity contribution >= 4 is 17.4 Å². The van der Waals surface area contributed by atoms with Crippen molar-refractivity contribution in [3.8, 4) is 0 Å². The smallest absolute Gasteiger partial charge is 0.319 e. The second-order valence-corrected chi connectivity index (χ2v) is 4.87. The Kier molecular flexibility index (Phi) is 4.03. The first-order valence-corrected chi connectivity index (χ1v) is 5.33. The summed E-state index contributed by atoms with van der Waals surface area (Å²) < 4.78 is 26.4. The second-order valence-electron chi connectivity index (χ2n) is 4.87. The lowest BCUT2D eigenvalue weighted by atomic mass is 10.1. The number of amides is 2. The number of hydrogen-bond donors (Lipinski definition) is 2. The molecule has 0 saturated carbocycles. The fourth-order valence-electron chi connectivity index (χ4n) is 1.31. The Bertz CT molecular complexity index is 527. The predicted molar refractivity (Wildman–Crippen MR) is 64.9 cm³/mol. The van der Waals surface area contributed by atoms with Crippen LogP contribution in [0.15, 0.2) is 12.1 Å². The van der Waals surface area contributed by atoms with E-state index in [1.165, 1.54) is 0 Å². The number of carbonyl (C=O) groups is 1. The van der Waals surface area contributed by atoms with E-state index in [1.54, 1.807) is 20.8 Å². The van der Waals surface area contributed by atoms with E-state index in [2.05, 4.69) is 5.32 Å². The number of halogens is 2. The van der Waals surface area contributed by atoms with Gasteiger partial charge < -0.3 is 5.32 Å². The van der Waals surface area contributed by atoms with Gasteiger partial charge in [-0.2, -0.15) is 0 Å². The summed E-state index contributed by atoms with van der Waals surface area (Å²) in [5.41, 5.74) is -2.12. The van der Waals surface area contributed by atoms with E-state index in [1.807, 2.05) is 5.32 Å². The van der Waals surface area contributed by atoms with Crippen molar-refractivity contribution in [3.05, 3.63) is 33.9 Å². The maximum atomic E-state index is 13.5. The molecule has 2 amide bonds. The molecule has 0 spiro atoms. The molecule has 0 heterocycles. The van der Waals surface area contributed by atoms with Crippen LogP contribution in [-0.2, 0) is 0 Å². The molecule has 104 valence electrons. The first-order chi connectivity index (χ1) is 8.60. The lowest BCUT2D eigenvalue weighted by Crippen LogP contribution is -2.43. The van der Waals surface area contributed by atoms with Gasteiger partial charge in [0.15, 0.2) is 11.5 Å². The molecule has 0 aliphatic heterocycles. The molecule has 0 fully saturated rings. The molecule has 1 rings (SSSR count). The SMILES string of the molecule is CC(C)(C)NC(=O)Nc1c(F)cc(F)cc1[N+](=O)[O-]. The van der Waals surface area contributed by atoms with E-state index in [9.17, 15) is 23.7 Å². The highest BCUT2D eigenvalue weighted by atomic mass is 19.1. The highest BCUT2D eigenvalue weighted by Gasteiger charge is 2.23. The lowest BCUT2D eigenvalue weighted by molar-refractivity contribution is -0.384. The van der Waals surface area contributed by atoms with E-state index in [0.717, 1.165) is 0 Å². The largest absolute Gasteiger partial charge is 0.333 e. The number of urea groups is 1. The number of carbonyl (C=O) groups excluding carboxylic acids is 1. The number of nitrogens with zero attached hydrogens (tertiary/aromatic N) is 1. The fourth-order valence-corrected chi connectivity index (χ4v) is 1.31.